The van der Waals surface area contributed by atoms with E-state index in [0.717, 1.165) is 0 Å². The van der Waals surface area contributed by atoms with Crippen LogP contribution in [0.15, 0.2) is 18.2 Å². The van der Waals surface area contributed by atoms with Crippen molar-refractivity contribution in [3.63, 3.8) is 0 Å². The van der Waals surface area contributed by atoms with E-state index >= 15 is 0 Å². The van der Waals surface area contributed by atoms with Crippen molar-refractivity contribution in [2.24, 2.45) is 5.73 Å². The van der Waals surface area contributed by atoms with Crippen LogP contribution in [0.25, 0.3) is 0 Å². The molecule has 1 aliphatic heterocycles. The number of carbonyl (C=O) groups is 1. The lowest BCUT2D eigenvalue weighted by molar-refractivity contribution is -0.146. The van der Waals surface area contributed by atoms with Gasteiger partial charge in [-0.1, -0.05) is 30.7 Å². The fraction of sp³-hybridized carbons (Fsp3) is 0.588. The van der Waals surface area contributed by atoms with E-state index in [-0.39, 0.29) is 18.1 Å². The van der Waals surface area contributed by atoms with E-state index in [9.17, 15) is 4.79 Å². The van der Waals surface area contributed by atoms with Crippen LogP contribution in [0.3, 0.4) is 0 Å². The number of nitrogens with zero attached hydrogens (tertiary/aromatic N) is 1. The number of nitrogens with two attached hydrogens (primary N) is 1. The van der Waals surface area contributed by atoms with E-state index < -0.39 is 6.04 Å². The lowest BCUT2D eigenvalue weighted by atomic mass is 9.98. The Morgan fingerprint density at radius 1 is 1.48 bits per heavy atom. The first kappa shape index (κ1) is 16.0. The van der Waals surface area contributed by atoms with Gasteiger partial charge in [0, 0.05) is 0 Å². The Balaban J connectivity index is 2.20. The van der Waals surface area contributed by atoms with Gasteiger partial charge in [0.25, 0.3) is 0 Å². The molecule has 1 amide bonds. The zero-order valence-electron chi connectivity index (χ0n) is 13.4. The number of benzene rings is 1. The van der Waals surface area contributed by atoms with Gasteiger partial charge >= 0.3 is 0 Å². The first-order valence-corrected chi connectivity index (χ1v) is 7.68. The van der Waals surface area contributed by atoms with Crippen LogP contribution in [0, 0.1) is 13.8 Å². The van der Waals surface area contributed by atoms with Crippen molar-refractivity contribution >= 4 is 5.91 Å². The smallest absolute Gasteiger partial charge is 0.239 e. The summed E-state index contributed by atoms with van der Waals surface area (Å²) in [5.41, 5.74) is 9.50. The molecule has 0 unspecified atom stereocenters. The number of amides is 1. The molecule has 4 nitrogen and oxygen atoms in total. The van der Waals surface area contributed by atoms with E-state index in [4.69, 9.17) is 10.5 Å². The predicted octanol–water partition coefficient (Wildman–Crippen LogP) is 2.33. The lowest BCUT2D eigenvalue weighted by Gasteiger charge is -2.39. The fourth-order valence-electron chi connectivity index (χ4n) is 2.75. The van der Waals surface area contributed by atoms with Crippen LogP contribution in [0.5, 0.6) is 0 Å². The number of rotatable bonds is 3. The summed E-state index contributed by atoms with van der Waals surface area (Å²) in [4.78, 5) is 14.3. The maximum Gasteiger partial charge on any atom is 0.239 e. The van der Waals surface area contributed by atoms with Gasteiger partial charge in [-0.2, -0.15) is 0 Å². The summed E-state index contributed by atoms with van der Waals surface area (Å²) in [6.07, 6.45) is 0.603. The van der Waals surface area contributed by atoms with Crippen molar-refractivity contribution in [2.75, 3.05) is 13.2 Å². The molecule has 4 heteroatoms. The predicted molar refractivity (Wildman–Crippen MR) is 84.1 cm³/mol. The lowest BCUT2D eigenvalue weighted by Crippen LogP contribution is -2.53. The molecular formula is C17H26N2O2. The minimum atomic E-state index is -0.412. The van der Waals surface area contributed by atoms with Crippen LogP contribution in [0.4, 0.5) is 0 Å². The first-order chi connectivity index (χ1) is 9.93. The SMILES string of the molecule is CC[C@H](N)C(=O)N1C[C@H](c2cc(C)ccc2C)OC[C@@H]1C. The standard InChI is InChI=1S/C17H26N2O2/c1-5-15(18)17(20)19-9-16(21-10-13(19)4)14-8-11(2)6-7-12(14)3/h6-8,13,15-16H,5,9-10,18H2,1-4H3/t13-,15-,16+/m0/s1. The number of morpholine rings is 1. The van der Waals surface area contributed by atoms with E-state index in [1.165, 1.54) is 16.7 Å². The van der Waals surface area contributed by atoms with Crippen molar-refractivity contribution < 1.29 is 9.53 Å². The Morgan fingerprint density at radius 2 is 2.19 bits per heavy atom. The van der Waals surface area contributed by atoms with E-state index in [0.29, 0.717) is 19.6 Å². The Labute approximate surface area is 127 Å². The number of hydrogen-bond acceptors (Lipinski definition) is 3. The molecule has 21 heavy (non-hydrogen) atoms. The summed E-state index contributed by atoms with van der Waals surface area (Å²) in [7, 11) is 0. The van der Waals surface area contributed by atoms with E-state index in [1.54, 1.807) is 0 Å². The van der Waals surface area contributed by atoms with Gasteiger partial charge in [-0.05, 0) is 38.3 Å². The van der Waals surface area contributed by atoms with Gasteiger partial charge in [-0.15, -0.1) is 0 Å². The molecule has 1 aliphatic rings. The minimum absolute atomic E-state index is 0.0311. The van der Waals surface area contributed by atoms with Crippen LogP contribution in [0.1, 0.15) is 43.1 Å². The normalized spacial score (nSPS) is 24.0. The molecule has 2 rings (SSSR count). The Bertz CT molecular complexity index is 516. The molecule has 0 aliphatic carbocycles. The molecule has 1 aromatic carbocycles. The molecule has 1 saturated heterocycles. The van der Waals surface area contributed by atoms with Crippen molar-refractivity contribution in [1.82, 2.24) is 4.90 Å². The van der Waals surface area contributed by atoms with Crippen LogP contribution in [0.2, 0.25) is 0 Å². The van der Waals surface area contributed by atoms with Gasteiger partial charge in [-0.3, -0.25) is 4.79 Å². The van der Waals surface area contributed by atoms with Crippen molar-refractivity contribution in [1.29, 1.82) is 0 Å². The highest BCUT2D eigenvalue weighted by molar-refractivity contribution is 5.82. The Morgan fingerprint density at radius 3 is 2.86 bits per heavy atom. The van der Waals surface area contributed by atoms with Crippen molar-refractivity contribution in [2.45, 2.75) is 52.3 Å². The third-order valence-corrected chi connectivity index (χ3v) is 4.25. The molecule has 3 atom stereocenters. The van der Waals surface area contributed by atoms with Gasteiger partial charge in [0.05, 0.1) is 25.2 Å². The average molecular weight is 290 g/mol. The highest BCUT2D eigenvalue weighted by Gasteiger charge is 2.32. The summed E-state index contributed by atoms with van der Waals surface area (Å²) in [5, 5.41) is 0. The maximum atomic E-state index is 12.4. The zero-order chi connectivity index (χ0) is 15.6. The van der Waals surface area contributed by atoms with Gasteiger partial charge in [-0.25, -0.2) is 0 Å². The number of hydrogen-bond donors (Lipinski definition) is 1. The number of aryl methyl sites for hydroxylation is 2. The van der Waals surface area contributed by atoms with Crippen LogP contribution < -0.4 is 5.73 Å². The summed E-state index contributed by atoms with van der Waals surface area (Å²) in [6.45, 7) is 9.25. The molecule has 0 bridgehead atoms. The second-order valence-electron chi connectivity index (χ2n) is 6.04. The van der Waals surface area contributed by atoms with E-state index in [2.05, 4.69) is 32.0 Å². The second-order valence-corrected chi connectivity index (χ2v) is 6.04. The largest absolute Gasteiger partial charge is 0.370 e. The van der Waals surface area contributed by atoms with Gasteiger partial charge < -0.3 is 15.4 Å². The van der Waals surface area contributed by atoms with Crippen LogP contribution in [-0.4, -0.2) is 36.0 Å². The zero-order valence-corrected chi connectivity index (χ0v) is 13.4. The molecule has 0 aromatic heterocycles. The molecule has 116 valence electrons. The molecule has 1 heterocycles. The molecular weight excluding hydrogens is 264 g/mol. The van der Waals surface area contributed by atoms with Crippen molar-refractivity contribution in [3.8, 4) is 0 Å². The number of ether oxygens (including phenoxy) is 1. The number of carbonyl (C=O) groups excluding carboxylic acids is 1. The molecule has 0 radical (unpaired) electrons. The summed E-state index contributed by atoms with van der Waals surface area (Å²) < 4.78 is 5.97. The molecule has 1 fully saturated rings. The quantitative estimate of drug-likeness (QED) is 0.929. The second kappa shape index (κ2) is 6.58. The third-order valence-electron chi connectivity index (χ3n) is 4.25. The minimum Gasteiger partial charge on any atom is -0.370 e. The highest BCUT2D eigenvalue weighted by Crippen LogP contribution is 2.28. The van der Waals surface area contributed by atoms with Gasteiger partial charge in [0.1, 0.15) is 6.10 Å². The maximum absolute atomic E-state index is 12.4. The van der Waals surface area contributed by atoms with E-state index in [1.807, 2.05) is 18.7 Å². The first-order valence-electron chi connectivity index (χ1n) is 7.68. The summed E-state index contributed by atoms with van der Waals surface area (Å²) in [6, 6.07) is 6.02. The van der Waals surface area contributed by atoms with Gasteiger partial charge in [0.15, 0.2) is 0 Å². The average Bonchev–Trinajstić information content (AvgIpc) is 2.49. The van der Waals surface area contributed by atoms with Gasteiger partial charge in [0.2, 0.25) is 5.91 Å². The molecule has 0 spiro atoms. The Kier molecular flexibility index (Phi) is 5.01. The summed E-state index contributed by atoms with van der Waals surface area (Å²) >= 11 is 0. The van der Waals surface area contributed by atoms with Crippen LogP contribution >= 0.6 is 0 Å². The monoisotopic (exact) mass is 290 g/mol. The summed E-state index contributed by atoms with van der Waals surface area (Å²) in [5.74, 6) is 0.0311. The molecule has 1 aromatic rings. The topological polar surface area (TPSA) is 55.6 Å². The molecule has 0 saturated carbocycles. The third kappa shape index (κ3) is 3.44. The highest BCUT2D eigenvalue weighted by atomic mass is 16.5. The van der Waals surface area contributed by atoms with Crippen molar-refractivity contribution in [3.05, 3.63) is 34.9 Å². The van der Waals surface area contributed by atoms with Crippen LogP contribution in [-0.2, 0) is 9.53 Å². The fourth-order valence-corrected chi connectivity index (χ4v) is 2.75. The Hall–Kier alpha value is -1.39. The molecule has 2 N–H and O–H groups in total.